The van der Waals surface area contributed by atoms with Crippen LogP contribution in [0.4, 0.5) is 11.4 Å². The highest BCUT2D eigenvalue weighted by atomic mass is 16.5. The average molecular weight is 235 g/mol. The second kappa shape index (κ2) is 5.38. The summed E-state index contributed by atoms with van der Waals surface area (Å²) in [5.74, 6) is 0. The Morgan fingerprint density at radius 1 is 1.29 bits per heavy atom. The van der Waals surface area contributed by atoms with Gasteiger partial charge in [-0.3, -0.25) is 0 Å². The Morgan fingerprint density at radius 2 is 2.00 bits per heavy atom. The van der Waals surface area contributed by atoms with Crippen LogP contribution in [0.5, 0.6) is 0 Å². The molecule has 0 spiro atoms. The van der Waals surface area contributed by atoms with Crippen molar-refractivity contribution in [3.63, 3.8) is 0 Å². The van der Waals surface area contributed by atoms with E-state index >= 15 is 0 Å². The van der Waals surface area contributed by atoms with Crippen LogP contribution in [0.1, 0.15) is 0 Å². The molecule has 1 saturated heterocycles. The quantitative estimate of drug-likeness (QED) is 0.795. The van der Waals surface area contributed by atoms with Gasteiger partial charge in [-0.25, -0.2) is 0 Å². The summed E-state index contributed by atoms with van der Waals surface area (Å²) in [6.07, 6.45) is 0. The van der Waals surface area contributed by atoms with Gasteiger partial charge in [0.25, 0.3) is 0 Å². The van der Waals surface area contributed by atoms with Crippen LogP contribution in [-0.2, 0) is 4.74 Å². The molecule has 0 saturated carbocycles. The van der Waals surface area contributed by atoms with Gasteiger partial charge >= 0.3 is 0 Å². The predicted octanol–water partition coefficient (Wildman–Crippen LogP) is 1.04. The zero-order valence-corrected chi connectivity index (χ0v) is 10.6. The van der Waals surface area contributed by atoms with E-state index in [0.717, 1.165) is 31.9 Å². The highest BCUT2D eigenvalue weighted by molar-refractivity contribution is 5.54. The number of nitrogen functional groups attached to an aromatic ring is 1. The van der Waals surface area contributed by atoms with Crippen molar-refractivity contribution in [2.24, 2.45) is 0 Å². The third-order valence-corrected chi connectivity index (χ3v) is 3.27. The molecule has 1 fully saturated rings. The van der Waals surface area contributed by atoms with Crippen LogP contribution in [0.15, 0.2) is 24.3 Å². The fourth-order valence-corrected chi connectivity index (χ4v) is 2.35. The van der Waals surface area contributed by atoms with Crippen LogP contribution in [0.3, 0.4) is 0 Å². The topological polar surface area (TPSA) is 41.7 Å². The van der Waals surface area contributed by atoms with Crippen LogP contribution >= 0.6 is 0 Å². The summed E-state index contributed by atoms with van der Waals surface area (Å²) in [4.78, 5) is 4.75. The number of anilines is 2. The van der Waals surface area contributed by atoms with Gasteiger partial charge in [0.1, 0.15) is 0 Å². The fraction of sp³-hybridized carbons (Fsp3) is 0.538. The zero-order chi connectivity index (χ0) is 12.3. The monoisotopic (exact) mass is 235 g/mol. The number of methoxy groups -OCH3 is 1. The summed E-state index contributed by atoms with van der Waals surface area (Å²) >= 11 is 0. The molecule has 1 atom stereocenters. The van der Waals surface area contributed by atoms with Crippen molar-refractivity contribution in [3.8, 4) is 0 Å². The lowest BCUT2D eigenvalue weighted by molar-refractivity contribution is 0.143. The van der Waals surface area contributed by atoms with Gasteiger partial charge in [-0.15, -0.1) is 0 Å². The Hall–Kier alpha value is -1.26. The third kappa shape index (κ3) is 2.90. The first-order valence-electron chi connectivity index (χ1n) is 6.00. The van der Waals surface area contributed by atoms with Crippen molar-refractivity contribution in [1.82, 2.24) is 4.90 Å². The standard InChI is InChI=1S/C13H21N3O/c1-15-7-8-16(13(9-15)10-17-2)12-5-3-11(14)4-6-12/h3-6,13H,7-10,14H2,1-2H3. The molecule has 4 nitrogen and oxygen atoms in total. The van der Waals surface area contributed by atoms with Gasteiger partial charge in [0.2, 0.25) is 0 Å². The fourth-order valence-electron chi connectivity index (χ4n) is 2.35. The van der Waals surface area contributed by atoms with Crippen molar-refractivity contribution < 1.29 is 4.74 Å². The molecule has 17 heavy (non-hydrogen) atoms. The molecule has 94 valence electrons. The number of hydrogen-bond acceptors (Lipinski definition) is 4. The van der Waals surface area contributed by atoms with Crippen molar-refractivity contribution in [2.45, 2.75) is 6.04 Å². The number of benzene rings is 1. The summed E-state index contributed by atoms with van der Waals surface area (Å²) < 4.78 is 5.31. The lowest BCUT2D eigenvalue weighted by Crippen LogP contribution is -2.53. The minimum Gasteiger partial charge on any atom is -0.399 e. The molecular formula is C13H21N3O. The molecule has 0 bridgehead atoms. The Balaban J connectivity index is 2.14. The van der Waals surface area contributed by atoms with Gasteiger partial charge in [-0.2, -0.15) is 0 Å². The van der Waals surface area contributed by atoms with E-state index in [1.165, 1.54) is 5.69 Å². The highest BCUT2D eigenvalue weighted by Gasteiger charge is 2.25. The molecular weight excluding hydrogens is 214 g/mol. The number of nitrogens with two attached hydrogens (primary N) is 1. The molecule has 1 aliphatic rings. The Labute approximate surface area is 103 Å². The Bertz CT molecular complexity index is 352. The molecule has 2 N–H and O–H groups in total. The van der Waals surface area contributed by atoms with Crippen LogP contribution in [0.2, 0.25) is 0 Å². The van der Waals surface area contributed by atoms with Gasteiger partial charge in [-0.1, -0.05) is 0 Å². The summed E-state index contributed by atoms with van der Waals surface area (Å²) in [5.41, 5.74) is 7.76. The molecule has 1 heterocycles. The van der Waals surface area contributed by atoms with E-state index in [2.05, 4.69) is 29.0 Å². The van der Waals surface area contributed by atoms with Crippen LogP contribution in [-0.4, -0.2) is 51.3 Å². The van der Waals surface area contributed by atoms with Crippen LogP contribution in [0, 0.1) is 0 Å². The molecule has 0 aromatic heterocycles. The maximum Gasteiger partial charge on any atom is 0.0678 e. The second-order valence-electron chi connectivity index (χ2n) is 4.66. The summed E-state index contributed by atoms with van der Waals surface area (Å²) in [6, 6.07) is 8.50. The summed E-state index contributed by atoms with van der Waals surface area (Å²) in [5, 5.41) is 0. The summed E-state index contributed by atoms with van der Waals surface area (Å²) in [7, 11) is 3.92. The first kappa shape index (κ1) is 12.2. The van der Waals surface area contributed by atoms with Gasteiger partial charge in [-0.05, 0) is 31.3 Å². The first-order valence-corrected chi connectivity index (χ1v) is 6.00. The van der Waals surface area contributed by atoms with E-state index in [9.17, 15) is 0 Å². The van der Waals surface area contributed by atoms with Gasteiger partial charge in [0, 0.05) is 38.1 Å². The van der Waals surface area contributed by atoms with Gasteiger partial charge in [0.15, 0.2) is 0 Å². The molecule has 4 heteroatoms. The SMILES string of the molecule is COCC1CN(C)CCN1c1ccc(N)cc1. The number of rotatable bonds is 3. The van der Waals surface area contributed by atoms with E-state index < -0.39 is 0 Å². The largest absolute Gasteiger partial charge is 0.399 e. The minimum atomic E-state index is 0.419. The lowest BCUT2D eigenvalue weighted by atomic mass is 10.1. The molecule has 1 aromatic carbocycles. The van der Waals surface area contributed by atoms with Crippen LogP contribution < -0.4 is 10.6 Å². The molecule has 0 aliphatic carbocycles. The number of likely N-dealkylation sites (N-methyl/N-ethyl adjacent to an activating group) is 1. The average Bonchev–Trinajstić information content (AvgIpc) is 2.31. The molecule has 1 aromatic rings. The van der Waals surface area contributed by atoms with Gasteiger partial charge < -0.3 is 20.3 Å². The third-order valence-electron chi connectivity index (χ3n) is 3.27. The maximum absolute atomic E-state index is 5.72. The van der Waals surface area contributed by atoms with E-state index in [4.69, 9.17) is 10.5 Å². The molecule has 2 rings (SSSR count). The smallest absolute Gasteiger partial charge is 0.0678 e. The maximum atomic E-state index is 5.72. The normalized spacial score (nSPS) is 21.8. The van der Waals surface area contributed by atoms with Crippen molar-refractivity contribution in [3.05, 3.63) is 24.3 Å². The van der Waals surface area contributed by atoms with Crippen LogP contribution in [0.25, 0.3) is 0 Å². The van der Waals surface area contributed by atoms with E-state index in [1.54, 1.807) is 7.11 Å². The summed E-state index contributed by atoms with van der Waals surface area (Å²) in [6.45, 7) is 3.92. The van der Waals surface area contributed by atoms with E-state index in [1.807, 2.05) is 12.1 Å². The Kier molecular flexibility index (Phi) is 3.86. The zero-order valence-electron chi connectivity index (χ0n) is 10.6. The Morgan fingerprint density at radius 3 is 2.65 bits per heavy atom. The lowest BCUT2D eigenvalue weighted by Gasteiger charge is -2.41. The van der Waals surface area contributed by atoms with Crippen molar-refractivity contribution in [2.75, 3.05) is 51.0 Å². The molecule has 0 amide bonds. The first-order chi connectivity index (χ1) is 8.20. The predicted molar refractivity (Wildman–Crippen MR) is 71.4 cm³/mol. The number of ether oxygens (including phenoxy) is 1. The second-order valence-corrected chi connectivity index (χ2v) is 4.66. The van der Waals surface area contributed by atoms with Crippen molar-refractivity contribution >= 4 is 11.4 Å². The number of nitrogens with zero attached hydrogens (tertiary/aromatic N) is 2. The van der Waals surface area contributed by atoms with Crippen molar-refractivity contribution in [1.29, 1.82) is 0 Å². The van der Waals surface area contributed by atoms with Gasteiger partial charge in [0.05, 0.1) is 12.6 Å². The molecule has 0 radical (unpaired) electrons. The van der Waals surface area contributed by atoms with E-state index in [-0.39, 0.29) is 0 Å². The molecule has 1 unspecified atom stereocenters. The minimum absolute atomic E-state index is 0.419. The van der Waals surface area contributed by atoms with E-state index in [0.29, 0.717) is 6.04 Å². The number of hydrogen-bond donors (Lipinski definition) is 1. The number of piperazine rings is 1. The highest BCUT2D eigenvalue weighted by Crippen LogP contribution is 2.21. The molecule has 1 aliphatic heterocycles.